The van der Waals surface area contributed by atoms with Gasteiger partial charge in [0.1, 0.15) is 5.65 Å². The minimum atomic E-state index is 0.0825. The Morgan fingerprint density at radius 3 is 3.21 bits per heavy atom. The summed E-state index contributed by atoms with van der Waals surface area (Å²) in [4.78, 5) is 16.6. The van der Waals surface area contributed by atoms with Crippen LogP contribution in [0.15, 0.2) is 35.4 Å². The second kappa shape index (κ2) is 6.01. The lowest BCUT2D eigenvalue weighted by molar-refractivity contribution is 0.686. The molecule has 1 aliphatic heterocycles. The summed E-state index contributed by atoms with van der Waals surface area (Å²) < 4.78 is 1.63. The van der Waals surface area contributed by atoms with Gasteiger partial charge in [-0.25, -0.2) is 4.98 Å². The van der Waals surface area contributed by atoms with Crippen LogP contribution >= 0.6 is 21.6 Å². The molecule has 3 nitrogen and oxygen atoms in total. The van der Waals surface area contributed by atoms with Crippen molar-refractivity contribution in [2.24, 2.45) is 0 Å². The molecular weight excluding hydrogens is 276 g/mol. The predicted molar refractivity (Wildman–Crippen MR) is 82.9 cm³/mol. The summed E-state index contributed by atoms with van der Waals surface area (Å²) in [6.45, 7) is 0. The molecule has 1 saturated heterocycles. The molecule has 0 amide bonds. The molecule has 0 spiro atoms. The average Bonchev–Trinajstić information content (AvgIpc) is 2.95. The second-order valence-electron chi connectivity index (χ2n) is 4.74. The van der Waals surface area contributed by atoms with Gasteiger partial charge in [-0.05, 0) is 37.8 Å². The number of nitrogens with zero attached hydrogens (tertiary/aromatic N) is 2. The summed E-state index contributed by atoms with van der Waals surface area (Å²) in [7, 11) is 3.97. The summed E-state index contributed by atoms with van der Waals surface area (Å²) in [5, 5.41) is 0.779. The van der Waals surface area contributed by atoms with E-state index in [0.29, 0.717) is 0 Å². The van der Waals surface area contributed by atoms with Gasteiger partial charge in [0.15, 0.2) is 0 Å². The Balaban J connectivity index is 1.70. The van der Waals surface area contributed by atoms with Gasteiger partial charge in [-0.15, -0.1) is 0 Å². The van der Waals surface area contributed by atoms with E-state index in [0.717, 1.165) is 29.3 Å². The van der Waals surface area contributed by atoms with Crippen molar-refractivity contribution in [3.05, 3.63) is 46.5 Å². The molecule has 0 bridgehead atoms. The first-order valence-electron chi connectivity index (χ1n) is 6.58. The van der Waals surface area contributed by atoms with Crippen molar-refractivity contribution in [1.82, 2.24) is 9.38 Å². The number of hydrogen-bond acceptors (Lipinski definition) is 4. The summed E-state index contributed by atoms with van der Waals surface area (Å²) >= 11 is 0. The van der Waals surface area contributed by atoms with Gasteiger partial charge in [0.05, 0.1) is 0 Å². The van der Waals surface area contributed by atoms with Crippen molar-refractivity contribution >= 4 is 27.2 Å². The van der Waals surface area contributed by atoms with Crippen LogP contribution in [-0.4, -0.2) is 20.4 Å². The highest BCUT2D eigenvalue weighted by molar-refractivity contribution is 8.77. The SMILES string of the molecule is O=c1c(CCCC2CCSS2)cnc2ccccn12. The van der Waals surface area contributed by atoms with Gasteiger partial charge in [0.2, 0.25) is 0 Å². The van der Waals surface area contributed by atoms with Crippen molar-refractivity contribution in [2.45, 2.75) is 30.9 Å². The second-order valence-corrected chi connectivity index (χ2v) is 7.53. The van der Waals surface area contributed by atoms with Gasteiger partial charge < -0.3 is 0 Å². The molecule has 3 rings (SSSR count). The molecule has 0 saturated carbocycles. The molecule has 100 valence electrons. The third-order valence-corrected chi connectivity index (χ3v) is 6.39. The Hall–Kier alpha value is -0.940. The number of aromatic nitrogens is 2. The third kappa shape index (κ3) is 2.98. The van der Waals surface area contributed by atoms with Crippen LogP contribution in [0, 0.1) is 0 Å². The largest absolute Gasteiger partial charge is 0.269 e. The van der Waals surface area contributed by atoms with Crippen molar-refractivity contribution < 1.29 is 0 Å². The molecule has 0 aromatic carbocycles. The van der Waals surface area contributed by atoms with Crippen molar-refractivity contribution in [3.63, 3.8) is 0 Å². The molecule has 5 heteroatoms. The number of fused-ring (bicyclic) bond motifs is 1. The normalized spacial score (nSPS) is 19.1. The fourth-order valence-corrected chi connectivity index (χ4v) is 5.35. The van der Waals surface area contributed by atoms with Crippen LogP contribution in [0.25, 0.3) is 5.65 Å². The molecule has 2 aromatic heterocycles. The molecule has 0 aliphatic carbocycles. The highest BCUT2D eigenvalue weighted by Gasteiger charge is 2.16. The quantitative estimate of drug-likeness (QED) is 0.811. The minimum absolute atomic E-state index is 0.0825. The highest BCUT2D eigenvalue weighted by atomic mass is 33.1. The van der Waals surface area contributed by atoms with E-state index < -0.39 is 0 Å². The highest BCUT2D eigenvalue weighted by Crippen LogP contribution is 2.39. The fraction of sp³-hybridized carbons (Fsp3) is 0.429. The molecule has 1 fully saturated rings. The molecule has 0 radical (unpaired) electrons. The smallest absolute Gasteiger partial charge is 0.261 e. The van der Waals surface area contributed by atoms with Crippen LogP contribution in [0.3, 0.4) is 0 Å². The first-order chi connectivity index (χ1) is 9.34. The van der Waals surface area contributed by atoms with Crippen LogP contribution in [0.5, 0.6) is 0 Å². The maximum atomic E-state index is 12.3. The van der Waals surface area contributed by atoms with Crippen molar-refractivity contribution in [3.8, 4) is 0 Å². The molecule has 3 heterocycles. The van der Waals surface area contributed by atoms with E-state index in [2.05, 4.69) is 4.98 Å². The predicted octanol–water partition coefficient (Wildman–Crippen LogP) is 3.17. The maximum Gasteiger partial charge on any atom is 0.261 e. The zero-order chi connectivity index (χ0) is 13.1. The Morgan fingerprint density at radius 1 is 1.42 bits per heavy atom. The average molecular weight is 292 g/mol. The lowest BCUT2D eigenvalue weighted by Gasteiger charge is -2.07. The molecule has 1 atom stereocenters. The monoisotopic (exact) mass is 292 g/mol. The van der Waals surface area contributed by atoms with Crippen LogP contribution < -0.4 is 5.56 Å². The molecule has 1 unspecified atom stereocenters. The van der Waals surface area contributed by atoms with Gasteiger partial charge in [0, 0.05) is 29.0 Å². The number of rotatable bonds is 4. The van der Waals surface area contributed by atoms with E-state index in [1.165, 1.54) is 18.6 Å². The van der Waals surface area contributed by atoms with E-state index >= 15 is 0 Å². The van der Waals surface area contributed by atoms with E-state index in [4.69, 9.17) is 0 Å². The first kappa shape index (κ1) is 13.1. The summed E-state index contributed by atoms with van der Waals surface area (Å²) in [5.74, 6) is 1.27. The number of pyridine rings is 1. The lowest BCUT2D eigenvalue weighted by atomic mass is 10.1. The Morgan fingerprint density at radius 2 is 2.37 bits per heavy atom. The van der Waals surface area contributed by atoms with Gasteiger partial charge in [-0.2, -0.15) is 0 Å². The minimum Gasteiger partial charge on any atom is -0.269 e. The van der Waals surface area contributed by atoms with Gasteiger partial charge in [-0.3, -0.25) is 9.20 Å². The molecule has 2 aromatic rings. The number of aryl methyl sites for hydroxylation is 1. The lowest BCUT2D eigenvalue weighted by Crippen LogP contribution is -2.19. The number of hydrogen-bond donors (Lipinski definition) is 0. The Kier molecular flexibility index (Phi) is 4.13. The van der Waals surface area contributed by atoms with Crippen LogP contribution in [0.2, 0.25) is 0 Å². The van der Waals surface area contributed by atoms with Gasteiger partial charge >= 0.3 is 0 Å². The maximum absolute atomic E-state index is 12.3. The van der Waals surface area contributed by atoms with Crippen molar-refractivity contribution in [2.75, 3.05) is 5.75 Å². The van der Waals surface area contributed by atoms with Crippen LogP contribution in [-0.2, 0) is 6.42 Å². The van der Waals surface area contributed by atoms with Crippen molar-refractivity contribution in [1.29, 1.82) is 0 Å². The standard InChI is InChI=1S/C14H16N2OS2/c17-14-11(4-3-5-12-7-9-18-19-12)10-15-13-6-1-2-8-16(13)14/h1-2,6,8,10,12H,3-5,7,9H2. The zero-order valence-corrected chi connectivity index (χ0v) is 12.3. The summed E-state index contributed by atoms with van der Waals surface area (Å²) in [6.07, 6.45) is 7.96. The summed E-state index contributed by atoms with van der Waals surface area (Å²) in [6, 6.07) is 5.63. The fourth-order valence-electron chi connectivity index (χ4n) is 2.32. The Bertz CT molecular complexity index is 620. The topological polar surface area (TPSA) is 34.4 Å². The molecule has 1 aliphatic rings. The van der Waals surface area contributed by atoms with Gasteiger partial charge in [0.25, 0.3) is 5.56 Å². The van der Waals surface area contributed by atoms with E-state index in [1.54, 1.807) is 16.8 Å². The Labute approximate surface area is 120 Å². The van der Waals surface area contributed by atoms with E-state index in [1.807, 2.05) is 39.8 Å². The first-order valence-corrected chi connectivity index (χ1v) is 8.96. The van der Waals surface area contributed by atoms with E-state index in [9.17, 15) is 4.79 Å². The zero-order valence-electron chi connectivity index (χ0n) is 10.6. The van der Waals surface area contributed by atoms with E-state index in [-0.39, 0.29) is 5.56 Å². The molecular formula is C14H16N2OS2. The molecule has 0 N–H and O–H groups in total. The third-order valence-electron chi connectivity index (χ3n) is 3.38. The van der Waals surface area contributed by atoms with Gasteiger partial charge in [-0.1, -0.05) is 27.7 Å². The summed E-state index contributed by atoms with van der Waals surface area (Å²) in [5.41, 5.74) is 1.64. The molecule has 19 heavy (non-hydrogen) atoms. The van der Waals surface area contributed by atoms with Crippen LogP contribution in [0.1, 0.15) is 24.8 Å². The van der Waals surface area contributed by atoms with Crippen LogP contribution in [0.4, 0.5) is 0 Å².